The second-order valence-corrected chi connectivity index (χ2v) is 10.8. The quantitative estimate of drug-likeness (QED) is 0.296. The van der Waals surface area contributed by atoms with Gasteiger partial charge in [0.15, 0.2) is 0 Å². The van der Waals surface area contributed by atoms with E-state index in [1.165, 1.54) is 24.8 Å². The number of nitrogens with zero attached hydrogens (tertiary/aromatic N) is 2. The summed E-state index contributed by atoms with van der Waals surface area (Å²) in [5.74, 6) is 0.963. The second-order valence-electron chi connectivity index (χ2n) is 10.8. The van der Waals surface area contributed by atoms with Crippen LogP contribution in [0.15, 0.2) is 54.6 Å². The molecule has 7 heteroatoms. The Morgan fingerprint density at radius 2 is 1.93 bits per heavy atom. The molecule has 7 nitrogen and oxygen atoms in total. The van der Waals surface area contributed by atoms with E-state index in [4.69, 9.17) is 15.2 Å². The first-order valence-electron chi connectivity index (χ1n) is 14.0. The van der Waals surface area contributed by atoms with Crippen molar-refractivity contribution in [3.8, 4) is 34.6 Å². The lowest BCUT2D eigenvalue weighted by Crippen LogP contribution is -2.11. The van der Waals surface area contributed by atoms with Gasteiger partial charge in [0.05, 0.1) is 31.3 Å². The number of hydrogen-bond donors (Lipinski definition) is 2. The molecule has 1 amide bonds. The van der Waals surface area contributed by atoms with E-state index < -0.39 is 11.8 Å². The highest BCUT2D eigenvalue weighted by Crippen LogP contribution is 2.50. The molecule has 1 saturated carbocycles. The number of aromatic nitrogens is 1. The lowest BCUT2D eigenvalue weighted by Gasteiger charge is -2.25. The third kappa shape index (κ3) is 4.54. The number of amides is 1. The molecule has 1 atom stereocenters. The molecule has 0 bridgehead atoms. The third-order valence-electron chi connectivity index (χ3n) is 8.46. The minimum atomic E-state index is -0.484. The third-order valence-corrected chi connectivity index (χ3v) is 8.46. The van der Waals surface area contributed by atoms with Gasteiger partial charge in [-0.3, -0.25) is 4.79 Å². The molecule has 1 aliphatic heterocycles. The van der Waals surface area contributed by atoms with Gasteiger partial charge in [0.25, 0.3) is 0 Å². The van der Waals surface area contributed by atoms with Gasteiger partial charge < -0.3 is 24.9 Å². The van der Waals surface area contributed by atoms with Crippen molar-refractivity contribution in [3.05, 3.63) is 76.9 Å². The van der Waals surface area contributed by atoms with Crippen molar-refractivity contribution in [1.29, 1.82) is 5.26 Å². The van der Waals surface area contributed by atoms with Gasteiger partial charge in [0, 0.05) is 28.1 Å². The lowest BCUT2D eigenvalue weighted by molar-refractivity contribution is 0.100. The van der Waals surface area contributed by atoms with Crippen molar-refractivity contribution >= 4 is 16.8 Å². The topological polar surface area (TPSA) is 111 Å². The normalized spacial score (nSPS) is 15.8. The van der Waals surface area contributed by atoms with Crippen LogP contribution in [0.1, 0.15) is 71.0 Å². The van der Waals surface area contributed by atoms with Crippen molar-refractivity contribution in [2.45, 2.75) is 56.9 Å². The maximum Gasteiger partial charge on any atom is 0.248 e. The number of nitriles is 1. The molecular formula is C33H33N3O4. The van der Waals surface area contributed by atoms with Crippen LogP contribution in [0.4, 0.5) is 0 Å². The van der Waals surface area contributed by atoms with Gasteiger partial charge in [-0.2, -0.15) is 5.26 Å². The van der Waals surface area contributed by atoms with E-state index in [9.17, 15) is 15.2 Å². The molecule has 1 aliphatic carbocycles. The number of nitrogens with two attached hydrogens (primary N) is 1. The maximum absolute atomic E-state index is 12.2. The first kappa shape index (κ1) is 25.8. The first-order valence-corrected chi connectivity index (χ1v) is 14.0. The van der Waals surface area contributed by atoms with Crippen molar-refractivity contribution in [1.82, 2.24) is 4.57 Å². The summed E-state index contributed by atoms with van der Waals surface area (Å²) in [6.07, 6.45) is 6.26. The summed E-state index contributed by atoms with van der Waals surface area (Å²) in [6, 6.07) is 19.2. The molecule has 4 aromatic rings. The largest absolute Gasteiger partial charge is 0.508 e. The number of methoxy groups -OCH3 is 1. The molecule has 0 spiro atoms. The number of phenolic OH excluding ortho intramolecular Hbond substituents is 1. The molecule has 2 heterocycles. The fourth-order valence-corrected chi connectivity index (χ4v) is 6.55. The Morgan fingerprint density at radius 3 is 2.62 bits per heavy atom. The molecule has 2 aliphatic rings. The highest BCUT2D eigenvalue weighted by atomic mass is 16.5. The van der Waals surface area contributed by atoms with E-state index in [1.54, 1.807) is 19.2 Å². The molecule has 0 radical (unpaired) electrons. The van der Waals surface area contributed by atoms with Crippen LogP contribution in [-0.4, -0.2) is 29.3 Å². The van der Waals surface area contributed by atoms with Crippen LogP contribution in [-0.2, 0) is 13.0 Å². The lowest BCUT2D eigenvalue weighted by atomic mass is 9.80. The van der Waals surface area contributed by atoms with E-state index in [0.717, 1.165) is 46.1 Å². The molecule has 1 aromatic heterocycles. The Hall–Kier alpha value is -4.44. The minimum absolute atomic E-state index is 0.192. The van der Waals surface area contributed by atoms with Crippen LogP contribution < -0.4 is 15.2 Å². The average molecular weight is 536 g/mol. The Labute approximate surface area is 233 Å². The standard InChI is InChI=1S/C33H33N3O4/c1-39-25-17-27(23(19-34)15-20-7-10-24(37)11-8-20)31-29(18-25)40-14-13-36-28-16-22(33(35)38)9-12-26(28)30(32(31)36)21-5-3-2-4-6-21/h7-12,16-18,21,23,37H,2-6,13-15H2,1H3,(H2,35,38)/t23-/m1/s1. The van der Waals surface area contributed by atoms with Crippen LogP contribution in [0.3, 0.4) is 0 Å². The zero-order chi connectivity index (χ0) is 27.8. The fraction of sp³-hybridized carbons (Fsp3) is 0.333. The highest BCUT2D eigenvalue weighted by molar-refractivity contribution is 6.01. The molecule has 40 heavy (non-hydrogen) atoms. The van der Waals surface area contributed by atoms with Gasteiger partial charge >= 0.3 is 0 Å². The summed E-state index contributed by atoms with van der Waals surface area (Å²) < 4.78 is 14.3. The van der Waals surface area contributed by atoms with E-state index in [0.29, 0.717) is 42.6 Å². The number of hydrogen-bond acceptors (Lipinski definition) is 5. The minimum Gasteiger partial charge on any atom is -0.508 e. The van der Waals surface area contributed by atoms with Gasteiger partial charge in [-0.25, -0.2) is 0 Å². The SMILES string of the molecule is COc1cc2c(c([C@@H](C#N)Cc3ccc(O)cc3)c1)-c1c(C3CCCCC3)c3ccc(C(N)=O)cc3n1CCO2. The van der Waals surface area contributed by atoms with Crippen LogP contribution in [0.5, 0.6) is 17.2 Å². The van der Waals surface area contributed by atoms with E-state index >= 15 is 0 Å². The van der Waals surface area contributed by atoms with Crippen molar-refractivity contribution in [2.75, 3.05) is 13.7 Å². The summed E-state index contributed by atoms with van der Waals surface area (Å²) in [4.78, 5) is 12.2. The van der Waals surface area contributed by atoms with Gasteiger partial charge in [0.2, 0.25) is 5.91 Å². The molecule has 0 unspecified atom stereocenters. The number of fused-ring (bicyclic) bond motifs is 5. The Bertz CT molecular complexity index is 1620. The number of ether oxygens (including phenoxy) is 2. The Kier molecular flexibility index (Phi) is 6.85. The van der Waals surface area contributed by atoms with Gasteiger partial charge in [0.1, 0.15) is 23.9 Å². The molecule has 3 aromatic carbocycles. The number of carbonyl (C=O) groups excluding carboxylic acids is 1. The summed E-state index contributed by atoms with van der Waals surface area (Å²) in [7, 11) is 1.62. The Balaban J connectivity index is 1.63. The Morgan fingerprint density at radius 1 is 1.15 bits per heavy atom. The summed E-state index contributed by atoms with van der Waals surface area (Å²) in [5, 5.41) is 21.4. The fourth-order valence-electron chi connectivity index (χ4n) is 6.55. The maximum atomic E-state index is 12.2. The molecular weight excluding hydrogens is 502 g/mol. The molecule has 1 fully saturated rings. The monoisotopic (exact) mass is 535 g/mol. The average Bonchev–Trinajstić information content (AvgIpc) is 3.17. The van der Waals surface area contributed by atoms with Crippen molar-refractivity contribution < 1.29 is 19.4 Å². The van der Waals surface area contributed by atoms with Crippen LogP contribution in [0.2, 0.25) is 0 Å². The summed E-state index contributed by atoms with van der Waals surface area (Å²) >= 11 is 0. The number of carbonyl (C=O) groups is 1. The molecule has 204 valence electrons. The van der Waals surface area contributed by atoms with Gasteiger partial charge in [-0.15, -0.1) is 0 Å². The van der Waals surface area contributed by atoms with Crippen LogP contribution >= 0.6 is 0 Å². The van der Waals surface area contributed by atoms with Gasteiger partial charge in [-0.1, -0.05) is 37.5 Å². The number of primary amides is 1. The van der Waals surface area contributed by atoms with Crippen molar-refractivity contribution in [3.63, 3.8) is 0 Å². The van der Waals surface area contributed by atoms with Crippen LogP contribution in [0, 0.1) is 11.3 Å². The highest BCUT2D eigenvalue weighted by Gasteiger charge is 2.33. The summed E-state index contributed by atoms with van der Waals surface area (Å²) in [6.45, 7) is 1.04. The number of phenols is 1. The van der Waals surface area contributed by atoms with Crippen molar-refractivity contribution in [2.24, 2.45) is 5.73 Å². The van der Waals surface area contributed by atoms with E-state index in [1.807, 2.05) is 42.5 Å². The molecule has 0 saturated heterocycles. The summed E-state index contributed by atoms with van der Waals surface area (Å²) in [5.41, 5.74) is 12.2. The number of aromatic hydroxyl groups is 1. The predicted octanol–water partition coefficient (Wildman–Crippen LogP) is 6.41. The van der Waals surface area contributed by atoms with Gasteiger partial charge in [-0.05, 0) is 72.2 Å². The first-order chi connectivity index (χ1) is 19.5. The van der Waals surface area contributed by atoms with Crippen LogP contribution in [0.25, 0.3) is 22.2 Å². The smallest absolute Gasteiger partial charge is 0.248 e. The van der Waals surface area contributed by atoms with E-state index in [-0.39, 0.29) is 5.75 Å². The zero-order valence-corrected chi connectivity index (χ0v) is 22.7. The molecule has 6 rings (SSSR count). The number of rotatable bonds is 6. The van der Waals surface area contributed by atoms with E-state index in [2.05, 4.69) is 10.6 Å². The predicted molar refractivity (Wildman–Crippen MR) is 154 cm³/mol. The molecule has 3 N–H and O–H groups in total. The second kappa shape index (κ2) is 10.6. The zero-order valence-electron chi connectivity index (χ0n) is 22.7. The number of benzene rings is 3.